The molecule has 5 nitrogen and oxygen atoms in total. The minimum Gasteiger partial charge on any atom is -0.375 e. The van der Waals surface area contributed by atoms with Crippen molar-refractivity contribution < 1.29 is 40.3 Å². The molecule has 28 heavy (non-hydrogen) atoms. The number of alkyl halides is 5. The van der Waals surface area contributed by atoms with E-state index in [1.54, 1.807) is 5.32 Å². The number of carbonyl (C=O) groups excluding carboxylic acids is 1. The lowest BCUT2D eigenvalue weighted by molar-refractivity contribution is -0.263. The Balaban J connectivity index is 2.36. The van der Waals surface area contributed by atoms with Crippen molar-refractivity contribution in [2.45, 2.75) is 22.4 Å². The van der Waals surface area contributed by atoms with E-state index in [4.69, 9.17) is 0 Å². The van der Waals surface area contributed by atoms with Gasteiger partial charge in [-0.3, -0.25) is 4.79 Å². The molecule has 152 valence electrons. The number of nitrogens with one attached hydrogen (secondary N) is 1. The number of benzene rings is 2. The second-order valence-corrected chi connectivity index (χ2v) is 7.59. The Morgan fingerprint density at radius 3 is 2.07 bits per heavy atom. The van der Waals surface area contributed by atoms with Gasteiger partial charge in [-0.2, -0.15) is 22.0 Å². The maximum atomic E-state index is 13.4. The number of hydrogen-bond donors (Lipinski definition) is 2. The Hall–Kier alpha value is -2.53. The predicted octanol–water partition coefficient (Wildman–Crippen LogP) is 2.86. The largest absolute Gasteiger partial charge is 0.423 e. The lowest BCUT2D eigenvalue weighted by Gasteiger charge is -2.31. The van der Waals surface area contributed by atoms with Gasteiger partial charge in [-0.15, -0.1) is 0 Å². The fraction of sp³-hybridized carbons (Fsp3) is 0.235. The van der Waals surface area contributed by atoms with E-state index in [9.17, 15) is 40.3 Å². The van der Waals surface area contributed by atoms with Crippen molar-refractivity contribution in [1.29, 1.82) is 0 Å². The highest BCUT2D eigenvalue weighted by atomic mass is 32.2. The molecule has 0 bridgehead atoms. The standard InChI is InChI=1S/C17H14F5NO4S/c18-15(19)28(26,27)13-9-5-4-8-12(13)14(24)23-10-16(25,17(20,21)22)11-6-2-1-3-7-11/h1-9,15,25H,10H2,(H,23,24). The molecule has 0 heterocycles. The van der Waals surface area contributed by atoms with Crippen molar-refractivity contribution >= 4 is 15.7 Å². The van der Waals surface area contributed by atoms with E-state index >= 15 is 0 Å². The molecule has 2 aromatic rings. The maximum Gasteiger partial charge on any atom is 0.423 e. The summed E-state index contributed by atoms with van der Waals surface area (Å²) in [6.07, 6.45) is -5.18. The van der Waals surface area contributed by atoms with E-state index in [1.165, 1.54) is 18.2 Å². The van der Waals surface area contributed by atoms with Gasteiger partial charge in [-0.25, -0.2) is 8.42 Å². The first kappa shape index (κ1) is 21.8. The quantitative estimate of drug-likeness (QED) is 0.700. The van der Waals surface area contributed by atoms with Gasteiger partial charge in [0.25, 0.3) is 5.91 Å². The molecule has 0 fully saturated rings. The Morgan fingerprint density at radius 2 is 1.54 bits per heavy atom. The number of carbonyl (C=O) groups is 1. The number of rotatable bonds is 6. The monoisotopic (exact) mass is 423 g/mol. The van der Waals surface area contributed by atoms with Crippen LogP contribution in [-0.2, 0) is 15.4 Å². The van der Waals surface area contributed by atoms with Gasteiger partial charge in [-0.1, -0.05) is 42.5 Å². The maximum absolute atomic E-state index is 13.4. The molecule has 0 saturated heterocycles. The third-order valence-electron chi connectivity index (χ3n) is 3.90. The Kier molecular flexibility index (Phi) is 6.09. The Morgan fingerprint density at radius 1 is 1.00 bits per heavy atom. The van der Waals surface area contributed by atoms with Crippen molar-refractivity contribution in [1.82, 2.24) is 5.32 Å². The van der Waals surface area contributed by atoms with E-state index in [0.29, 0.717) is 0 Å². The average molecular weight is 423 g/mol. The highest BCUT2D eigenvalue weighted by Gasteiger charge is 2.55. The van der Waals surface area contributed by atoms with Crippen molar-refractivity contribution in [3.63, 3.8) is 0 Å². The molecule has 1 amide bonds. The van der Waals surface area contributed by atoms with Crippen LogP contribution in [0.15, 0.2) is 59.5 Å². The van der Waals surface area contributed by atoms with Crippen LogP contribution < -0.4 is 5.32 Å². The van der Waals surface area contributed by atoms with Crippen molar-refractivity contribution in [3.8, 4) is 0 Å². The highest BCUT2D eigenvalue weighted by Crippen LogP contribution is 2.38. The predicted molar refractivity (Wildman–Crippen MR) is 88.4 cm³/mol. The molecule has 1 atom stereocenters. The number of amides is 1. The first-order valence-electron chi connectivity index (χ1n) is 7.65. The summed E-state index contributed by atoms with van der Waals surface area (Å²) in [7, 11) is -5.17. The van der Waals surface area contributed by atoms with Crippen LogP contribution in [0.5, 0.6) is 0 Å². The van der Waals surface area contributed by atoms with Gasteiger partial charge in [-0.05, 0) is 17.7 Å². The van der Waals surface area contributed by atoms with Crippen LogP contribution >= 0.6 is 0 Å². The van der Waals surface area contributed by atoms with Crippen LogP contribution in [0, 0.1) is 0 Å². The zero-order valence-corrected chi connectivity index (χ0v) is 14.8. The fourth-order valence-electron chi connectivity index (χ4n) is 2.38. The van der Waals surface area contributed by atoms with Crippen LogP contribution in [0.25, 0.3) is 0 Å². The molecule has 2 N–H and O–H groups in total. The lowest BCUT2D eigenvalue weighted by atomic mass is 9.93. The summed E-state index contributed by atoms with van der Waals surface area (Å²) in [5, 5.41) is 11.9. The van der Waals surface area contributed by atoms with Crippen LogP contribution in [0.3, 0.4) is 0 Å². The van der Waals surface area contributed by atoms with Crippen molar-refractivity contribution in [2.24, 2.45) is 0 Å². The van der Waals surface area contributed by atoms with Crippen LogP contribution in [-0.4, -0.2) is 37.9 Å². The Bertz CT molecular complexity index is 948. The zero-order valence-electron chi connectivity index (χ0n) is 14.0. The summed E-state index contributed by atoms with van der Waals surface area (Å²) in [6, 6.07) is 9.77. The molecule has 2 aromatic carbocycles. The van der Waals surface area contributed by atoms with Crippen LogP contribution in [0.2, 0.25) is 0 Å². The minimum atomic E-state index is -5.18. The molecular formula is C17H14F5NO4S. The van der Waals surface area contributed by atoms with Gasteiger partial charge in [0.15, 0.2) is 0 Å². The fourth-order valence-corrected chi connectivity index (χ4v) is 3.31. The van der Waals surface area contributed by atoms with E-state index < -0.39 is 55.8 Å². The molecule has 2 rings (SSSR count). The summed E-state index contributed by atoms with van der Waals surface area (Å²) in [6.45, 7) is -1.36. The summed E-state index contributed by atoms with van der Waals surface area (Å²) < 4.78 is 89.2. The van der Waals surface area contributed by atoms with Gasteiger partial charge < -0.3 is 10.4 Å². The average Bonchev–Trinajstić information content (AvgIpc) is 2.65. The number of sulfone groups is 1. The number of halogens is 5. The Labute approximate surface area is 156 Å². The van der Waals surface area contributed by atoms with E-state index in [1.807, 2.05) is 0 Å². The topological polar surface area (TPSA) is 83.5 Å². The molecular weight excluding hydrogens is 409 g/mol. The summed E-state index contributed by atoms with van der Waals surface area (Å²) >= 11 is 0. The molecule has 0 aliphatic carbocycles. The van der Waals surface area contributed by atoms with Gasteiger partial charge in [0.05, 0.1) is 17.0 Å². The molecule has 11 heteroatoms. The normalized spacial score (nSPS) is 14.5. The molecule has 0 saturated carbocycles. The summed E-state index contributed by atoms with van der Waals surface area (Å²) in [4.78, 5) is 11.2. The third-order valence-corrected chi connectivity index (χ3v) is 5.34. The second-order valence-electron chi connectivity index (χ2n) is 5.71. The lowest BCUT2D eigenvalue weighted by Crippen LogP contribution is -2.51. The second kappa shape index (κ2) is 7.84. The highest BCUT2D eigenvalue weighted by molar-refractivity contribution is 7.91. The third kappa shape index (κ3) is 4.14. The van der Waals surface area contributed by atoms with Gasteiger partial charge in [0.1, 0.15) is 0 Å². The van der Waals surface area contributed by atoms with Gasteiger partial charge in [0.2, 0.25) is 15.4 Å². The molecule has 0 aliphatic heterocycles. The number of aliphatic hydroxyl groups is 1. The smallest absolute Gasteiger partial charge is 0.375 e. The van der Waals surface area contributed by atoms with Crippen LogP contribution in [0.1, 0.15) is 15.9 Å². The molecule has 1 unspecified atom stereocenters. The first-order chi connectivity index (χ1) is 12.9. The van der Waals surface area contributed by atoms with Gasteiger partial charge >= 0.3 is 11.9 Å². The molecule has 0 spiro atoms. The van der Waals surface area contributed by atoms with Crippen LogP contribution in [0.4, 0.5) is 22.0 Å². The molecule has 0 radical (unpaired) electrons. The summed E-state index contributed by atoms with van der Waals surface area (Å²) in [5.41, 5.74) is -4.79. The van der Waals surface area contributed by atoms with Crippen molar-refractivity contribution in [3.05, 3.63) is 65.7 Å². The zero-order chi connectivity index (χ0) is 21.2. The molecule has 0 aromatic heterocycles. The van der Waals surface area contributed by atoms with E-state index in [2.05, 4.69) is 0 Å². The first-order valence-corrected chi connectivity index (χ1v) is 9.20. The SMILES string of the molecule is O=C(NCC(O)(c1ccccc1)C(F)(F)F)c1ccccc1S(=O)(=O)C(F)F. The minimum absolute atomic E-state index is 0.559. The van der Waals surface area contributed by atoms with Crippen molar-refractivity contribution in [2.75, 3.05) is 6.54 Å². The van der Waals surface area contributed by atoms with Gasteiger partial charge in [0, 0.05) is 0 Å². The van der Waals surface area contributed by atoms with E-state index in [0.717, 1.165) is 36.4 Å². The molecule has 0 aliphatic rings. The summed E-state index contributed by atoms with van der Waals surface area (Å²) in [5.74, 6) is -5.18. The van der Waals surface area contributed by atoms with E-state index in [-0.39, 0.29) is 0 Å². The number of hydrogen-bond acceptors (Lipinski definition) is 4.